The first-order valence-electron chi connectivity index (χ1n) is 10.4. The molecule has 1 aliphatic carbocycles. The van der Waals surface area contributed by atoms with Crippen LogP contribution in [0.5, 0.6) is 5.75 Å². The van der Waals surface area contributed by atoms with Crippen LogP contribution in [0.3, 0.4) is 0 Å². The zero-order chi connectivity index (χ0) is 21.3. The third-order valence-corrected chi connectivity index (χ3v) is 5.75. The van der Waals surface area contributed by atoms with Crippen LogP contribution in [0.15, 0.2) is 42.6 Å². The molecule has 0 saturated heterocycles. The number of fused-ring (bicyclic) bond motifs is 3. The lowest BCUT2D eigenvalue weighted by molar-refractivity contribution is 0.0974. The molecule has 154 valence electrons. The lowest BCUT2D eigenvalue weighted by Crippen LogP contribution is -2.26. The molecule has 0 amide bonds. The van der Waals surface area contributed by atoms with Crippen molar-refractivity contribution in [2.24, 2.45) is 0 Å². The molecule has 2 N–H and O–H groups in total. The third kappa shape index (κ3) is 3.33. The molecule has 4 rings (SSSR count). The SMILES string of the molecule is CCN(CC)CCCNc1ccnc2c1C(=O)c1c(cc3ccccc3c1O)C2=O. The van der Waals surface area contributed by atoms with Gasteiger partial charge in [-0.3, -0.25) is 14.6 Å². The quantitative estimate of drug-likeness (QED) is 0.456. The molecule has 3 aromatic rings. The van der Waals surface area contributed by atoms with Crippen LogP contribution < -0.4 is 5.32 Å². The van der Waals surface area contributed by atoms with Crippen LogP contribution >= 0.6 is 0 Å². The van der Waals surface area contributed by atoms with Crippen molar-refractivity contribution in [1.82, 2.24) is 9.88 Å². The van der Waals surface area contributed by atoms with Crippen molar-refractivity contribution in [3.05, 3.63) is 65.0 Å². The summed E-state index contributed by atoms with van der Waals surface area (Å²) >= 11 is 0. The first-order valence-corrected chi connectivity index (χ1v) is 10.4. The Morgan fingerprint density at radius 3 is 2.57 bits per heavy atom. The molecule has 0 radical (unpaired) electrons. The molecule has 6 heteroatoms. The predicted octanol–water partition coefficient (Wildman–Crippen LogP) is 3.86. The lowest BCUT2D eigenvalue weighted by atomic mass is 9.83. The van der Waals surface area contributed by atoms with Crippen molar-refractivity contribution in [3.63, 3.8) is 0 Å². The van der Waals surface area contributed by atoms with Gasteiger partial charge in [-0.2, -0.15) is 0 Å². The highest BCUT2D eigenvalue weighted by Crippen LogP contribution is 2.39. The standard InChI is InChI=1S/C24H25N3O3/c1-3-27(4-2)13-7-11-25-18-10-12-26-21-20(18)24(30)19-17(23(21)29)14-15-8-5-6-9-16(15)22(19)28/h5-6,8-10,12,14,28H,3-4,7,11,13H2,1-2H3,(H,25,26). The number of nitrogens with one attached hydrogen (secondary N) is 1. The maximum absolute atomic E-state index is 13.4. The number of phenols is 1. The number of pyridine rings is 1. The van der Waals surface area contributed by atoms with E-state index in [0.717, 1.165) is 26.1 Å². The number of benzene rings is 2. The fourth-order valence-corrected chi connectivity index (χ4v) is 4.07. The van der Waals surface area contributed by atoms with Crippen LogP contribution in [0.4, 0.5) is 5.69 Å². The summed E-state index contributed by atoms with van der Waals surface area (Å²) in [6.07, 6.45) is 2.45. The van der Waals surface area contributed by atoms with Gasteiger partial charge in [0.2, 0.25) is 11.6 Å². The second kappa shape index (κ2) is 8.24. The number of phenolic OH excluding ortho intramolecular Hbond substituents is 1. The van der Waals surface area contributed by atoms with Gasteiger partial charge in [0.25, 0.3) is 0 Å². The van der Waals surface area contributed by atoms with Crippen molar-refractivity contribution in [2.75, 3.05) is 31.5 Å². The number of nitrogens with zero attached hydrogens (tertiary/aromatic N) is 2. The molecule has 1 heterocycles. The summed E-state index contributed by atoms with van der Waals surface area (Å²) in [5, 5.41) is 15.4. The van der Waals surface area contributed by atoms with E-state index in [9.17, 15) is 14.7 Å². The molecule has 0 spiro atoms. The minimum Gasteiger partial charge on any atom is -0.507 e. The van der Waals surface area contributed by atoms with Gasteiger partial charge in [0.05, 0.1) is 11.1 Å². The molecule has 6 nitrogen and oxygen atoms in total. The van der Waals surface area contributed by atoms with Gasteiger partial charge in [-0.15, -0.1) is 0 Å². The Morgan fingerprint density at radius 2 is 1.80 bits per heavy atom. The highest BCUT2D eigenvalue weighted by atomic mass is 16.3. The number of hydrogen-bond donors (Lipinski definition) is 2. The number of aromatic nitrogens is 1. The topological polar surface area (TPSA) is 82.5 Å². The Balaban J connectivity index is 1.69. The first-order chi connectivity index (χ1) is 14.6. The predicted molar refractivity (Wildman–Crippen MR) is 118 cm³/mol. The van der Waals surface area contributed by atoms with E-state index < -0.39 is 0 Å². The second-order valence-electron chi connectivity index (χ2n) is 7.42. The van der Waals surface area contributed by atoms with Crippen molar-refractivity contribution < 1.29 is 14.7 Å². The molecule has 0 bridgehead atoms. The van der Waals surface area contributed by atoms with Gasteiger partial charge < -0.3 is 15.3 Å². The number of ketones is 2. The van der Waals surface area contributed by atoms with Crippen molar-refractivity contribution in [2.45, 2.75) is 20.3 Å². The van der Waals surface area contributed by atoms with Gasteiger partial charge >= 0.3 is 0 Å². The minimum absolute atomic E-state index is 0.0605. The first kappa shape index (κ1) is 20.0. The van der Waals surface area contributed by atoms with E-state index in [1.54, 1.807) is 30.5 Å². The maximum Gasteiger partial charge on any atom is 0.213 e. The van der Waals surface area contributed by atoms with Gasteiger partial charge in [0.1, 0.15) is 11.4 Å². The molecule has 1 aliphatic rings. The average Bonchev–Trinajstić information content (AvgIpc) is 2.77. The van der Waals surface area contributed by atoms with Crippen molar-refractivity contribution >= 4 is 28.0 Å². The Bertz CT molecular complexity index is 1140. The normalized spacial score (nSPS) is 12.9. The van der Waals surface area contributed by atoms with Gasteiger partial charge in [-0.1, -0.05) is 38.1 Å². The van der Waals surface area contributed by atoms with E-state index in [1.807, 2.05) is 12.1 Å². The second-order valence-corrected chi connectivity index (χ2v) is 7.42. The Kier molecular flexibility index (Phi) is 5.50. The van der Waals surface area contributed by atoms with E-state index in [2.05, 4.69) is 29.0 Å². The fourth-order valence-electron chi connectivity index (χ4n) is 4.07. The smallest absolute Gasteiger partial charge is 0.213 e. The number of rotatable bonds is 7. The van der Waals surface area contributed by atoms with E-state index in [0.29, 0.717) is 23.0 Å². The third-order valence-electron chi connectivity index (χ3n) is 5.75. The summed E-state index contributed by atoms with van der Waals surface area (Å²) in [5.41, 5.74) is 1.22. The average molecular weight is 403 g/mol. The Labute approximate surface area is 175 Å². The highest BCUT2D eigenvalue weighted by Gasteiger charge is 2.35. The van der Waals surface area contributed by atoms with Gasteiger partial charge in [0, 0.05) is 29.4 Å². The zero-order valence-corrected chi connectivity index (χ0v) is 17.2. The fraction of sp³-hybridized carbons (Fsp3) is 0.292. The van der Waals surface area contributed by atoms with E-state index in [4.69, 9.17) is 0 Å². The van der Waals surface area contributed by atoms with Gasteiger partial charge in [-0.25, -0.2) is 0 Å². The van der Waals surface area contributed by atoms with E-state index in [-0.39, 0.29) is 39.7 Å². The van der Waals surface area contributed by atoms with Gasteiger partial charge in [0.15, 0.2) is 0 Å². The summed E-state index contributed by atoms with van der Waals surface area (Å²) < 4.78 is 0. The molecule has 0 atom stereocenters. The van der Waals surface area contributed by atoms with Crippen LogP contribution in [0.1, 0.15) is 52.2 Å². The summed E-state index contributed by atoms with van der Waals surface area (Å²) in [6, 6.07) is 10.6. The van der Waals surface area contributed by atoms with Crippen LogP contribution in [-0.4, -0.2) is 52.7 Å². The monoisotopic (exact) mass is 403 g/mol. The van der Waals surface area contributed by atoms with E-state index in [1.165, 1.54) is 0 Å². The van der Waals surface area contributed by atoms with E-state index >= 15 is 0 Å². The van der Waals surface area contributed by atoms with Crippen LogP contribution in [0.25, 0.3) is 10.8 Å². The minimum atomic E-state index is -0.373. The van der Waals surface area contributed by atoms with Crippen LogP contribution in [0.2, 0.25) is 0 Å². The highest BCUT2D eigenvalue weighted by molar-refractivity contribution is 6.31. The maximum atomic E-state index is 13.4. The molecule has 2 aromatic carbocycles. The molecule has 0 saturated carbocycles. The molecular formula is C24H25N3O3. The molecule has 30 heavy (non-hydrogen) atoms. The summed E-state index contributed by atoms with van der Waals surface area (Å²) in [6.45, 7) is 7.89. The van der Waals surface area contributed by atoms with Crippen molar-refractivity contribution in [1.29, 1.82) is 0 Å². The summed E-state index contributed by atoms with van der Waals surface area (Å²) in [5.74, 6) is -0.863. The summed E-state index contributed by atoms with van der Waals surface area (Å²) in [7, 11) is 0. The summed E-state index contributed by atoms with van der Waals surface area (Å²) in [4.78, 5) is 33.0. The number of carbonyl (C=O) groups is 2. The number of carbonyl (C=O) groups excluding carboxylic acids is 2. The largest absolute Gasteiger partial charge is 0.507 e. The van der Waals surface area contributed by atoms with Crippen LogP contribution in [0, 0.1) is 0 Å². The molecule has 1 aromatic heterocycles. The molecule has 0 unspecified atom stereocenters. The number of hydrogen-bond acceptors (Lipinski definition) is 6. The molecular weight excluding hydrogens is 378 g/mol. The molecule has 0 aliphatic heterocycles. The van der Waals surface area contributed by atoms with Crippen LogP contribution in [-0.2, 0) is 0 Å². The molecule has 0 fully saturated rings. The number of aromatic hydroxyl groups is 1. The Morgan fingerprint density at radius 1 is 1.03 bits per heavy atom. The lowest BCUT2D eigenvalue weighted by Gasteiger charge is -2.22. The van der Waals surface area contributed by atoms with Gasteiger partial charge in [-0.05, 0) is 43.6 Å². The van der Waals surface area contributed by atoms with Crippen molar-refractivity contribution in [3.8, 4) is 5.75 Å². The number of anilines is 1. The Hall–Kier alpha value is -3.25. The zero-order valence-electron chi connectivity index (χ0n) is 17.2.